The molecule has 4 heterocycles. The van der Waals surface area contributed by atoms with Gasteiger partial charge in [-0.1, -0.05) is 24.3 Å². The van der Waals surface area contributed by atoms with Crippen LogP contribution < -0.4 is 14.4 Å². The molecule has 3 aromatic carbocycles. The van der Waals surface area contributed by atoms with Gasteiger partial charge in [-0.2, -0.15) is 9.97 Å². The molecule has 44 heavy (non-hydrogen) atoms. The maximum absolute atomic E-state index is 17.1. The van der Waals surface area contributed by atoms with Crippen molar-refractivity contribution in [1.82, 2.24) is 14.9 Å². The van der Waals surface area contributed by atoms with Crippen molar-refractivity contribution in [2.24, 2.45) is 0 Å². The van der Waals surface area contributed by atoms with Crippen molar-refractivity contribution in [3.05, 3.63) is 59.7 Å². The van der Waals surface area contributed by atoms with E-state index in [2.05, 4.69) is 14.6 Å². The monoisotopic (exact) mass is 597 g/mol. The molecule has 228 valence electrons. The second kappa shape index (κ2) is 12.2. The first-order valence-corrected chi connectivity index (χ1v) is 15.4. The molecule has 0 amide bonds. The fourth-order valence-electron chi connectivity index (χ4n) is 7.15. The molecule has 0 bridgehead atoms. The van der Waals surface area contributed by atoms with E-state index in [4.69, 9.17) is 35.5 Å². The first kappa shape index (κ1) is 28.7. The molecular weight excluding hydrogens is 561 g/mol. The quantitative estimate of drug-likeness (QED) is 0.172. The van der Waals surface area contributed by atoms with Gasteiger partial charge in [0.15, 0.2) is 12.5 Å². The summed E-state index contributed by atoms with van der Waals surface area (Å²) < 4.78 is 40.0. The number of fused-ring (bicyclic) bond motifs is 3. The number of halogens is 1. The lowest BCUT2D eigenvalue weighted by Crippen LogP contribution is -2.43. The van der Waals surface area contributed by atoms with Gasteiger partial charge in [-0.3, -0.25) is 4.90 Å². The Hall–Kier alpha value is -4.04. The van der Waals surface area contributed by atoms with E-state index in [0.717, 1.165) is 56.0 Å². The van der Waals surface area contributed by atoms with Crippen molar-refractivity contribution in [2.75, 3.05) is 64.8 Å². The van der Waals surface area contributed by atoms with Crippen LogP contribution >= 0.6 is 0 Å². The molecule has 0 aliphatic carbocycles. The largest absolute Gasteiger partial charge is 0.468 e. The van der Waals surface area contributed by atoms with Gasteiger partial charge in [-0.05, 0) is 79.7 Å². The number of nitrogens with zero attached hydrogens (tertiary/aromatic N) is 5. The molecular formula is C34H36FN5O4. The molecule has 7 rings (SSSR count). The van der Waals surface area contributed by atoms with Gasteiger partial charge >= 0.3 is 6.01 Å². The molecule has 0 saturated carbocycles. The van der Waals surface area contributed by atoms with E-state index in [1.54, 1.807) is 19.2 Å². The number of aromatic nitrogens is 2. The molecule has 0 atom stereocenters. The Morgan fingerprint density at radius 2 is 1.82 bits per heavy atom. The molecule has 1 aromatic heterocycles. The predicted molar refractivity (Wildman–Crippen MR) is 167 cm³/mol. The van der Waals surface area contributed by atoms with E-state index in [1.165, 1.54) is 0 Å². The maximum Gasteiger partial charge on any atom is 0.319 e. The van der Waals surface area contributed by atoms with Gasteiger partial charge in [0.2, 0.25) is 0 Å². The van der Waals surface area contributed by atoms with Crippen molar-refractivity contribution < 1.29 is 23.3 Å². The Morgan fingerprint density at radius 1 is 0.977 bits per heavy atom. The second-order valence-corrected chi connectivity index (χ2v) is 11.8. The number of anilines is 1. The highest BCUT2D eigenvalue weighted by Gasteiger charge is 2.45. The molecule has 4 aromatic rings. The van der Waals surface area contributed by atoms with Gasteiger partial charge in [0.25, 0.3) is 0 Å². The van der Waals surface area contributed by atoms with Crippen LogP contribution in [0.4, 0.5) is 15.9 Å². The van der Waals surface area contributed by atoms with Crippen LogP contribution in [-0.2, 0) is 9.47 Å². The molecule has 9 nitrogen and oxygen atoms in total. The van der Waals surface area contributed by atoms with E-state index < -0.39 is 5.82 Å². The summed E-state index contributed by atoms with van der Waals surface area (Å²) in [5.41, 5.74) is 1.04. The Bertz CT molecular complexity index is 1720. The zero-order chi connectivity index (χ0) is 30.1. The molecule has 0 N–H and O–H groups in total. The molecule has 0 spiro atoms. The summed E-state index contributed by atoms with van der Waals surface area (Å²) in [5, 5.41) is 2.15. The average molecular weight is 598 g/mol. The Morgan fingerprint density at radius 3 is 2.64 bits per heavy atom. The van der Waals surface area contributed by atoms with E-state index in [-0.39, 0.29) is 35.1 Å². The topological polar surface area (TPSA) is 73.5 Å². The van der Waals surface area contributed by atoms with Crippen LogP contribution in [-0.4, -0.2) is 80.3 Å². The third kappa shape index (κ3) is 5.19. The van der Waals surface area contributed by atoms with Crippen molar-refractivity contribution in [3.8, 4) is 22.9 Å². The summed E-state index contributed by atoms with van der Waals surface area (Å²) in [4.78, 5) is 18.0. The Labute approximate surface area is 256 Å². The van der Waals surface area contributed by atoms with Gasteiger partial charge in [0.05, 0.1) is 18.7 Å². The molecule has 0 radical (unpaired) electrons. The second-order valence-electron chi connectivity index (χ2n) is 11.8. The minimum atomic E-state index is -0.580. The van der Waals surface area contributed by atoms with E-state index in [0.29, 0.717) is 55.4 Å². The lowest BCUT2D eigenvalue weighted by molar-refractivity contribution is 0.0512. The number of ether oxygens (including phenoxy) is 4. The van der Waals surface area contributed by atoms with E-state index in [1.807, 2.05) is 30.3 Å². The molecule has 10 heteroatoms. The highest BCUT2D eigenvalue weighted by molar-refractivity contribution is 6.05. The van der Waals surface area contributed by atoms with Crippen LogP contribution in [0.25, 0.3) is 37.6 Å². The van der Waals surface area contributed by atoms with Crippen molar-refractivity contribution in [1.29, 1.82) is 0 Å². The molecule has 3 aliphatic rings. The number of hydrogen-bond donors (Lipinski definition) is 0. The van der Waals surface area contributed by atoms with Crippen LogP contribution in [0.5, 0.6) is 11.8 Å². The fraction of sp³-hybridized carbons (Fsp3) is 0.441. The lowest BCUT2D eigenvalue weighted by Gasteiger charge is -2.31. The molecule has 3 aliphatic heterocycles. The average Bonchev–Trinajstić information content (AvgIpc) is 3.52. The lowest BCUT2D eigenvalue weighted by atomic mass is 9.94. The Balaban J connectivity index is 1.40. The zero-order valence-electron chi connectivity index (χ0n) is 25.0. The summed E-state index contributed by atoms with van der Waals surface area (Å²) in [6.07, 6.45) is 5.28. The fourth-order valence-corrected chi connectivity index (χ4v) is 7.15. The number of methoxy groups -OCH3 is 1. The highest BCUT2D eigenvalue weighted by atomic mass is 19.1. The van der Waals surface area contributed by atoms with Gasteiger partial charge in [-0.25, -0.2) is 9.24 Å². The summed E-state index contributed by atoms with van der Waals surface area (Å²) in [5.74, 6) is 0.508. The third-order valence-corrected chi connectivity index (χ3v) is 9.24. The first-order valence-electron chi connectivity index (χ1n) is 15.4. The van der Waals surface area contributed by atoms with Crippen LogP contribution in [0.3, 0.4) is 0 Å². The number of rotatable bonds is 8. The number of benzene rings is 3. The van der Waals surface area contributed by atoms with Crippen LogP contribution in [0, 0.1) is 12.4 Å². The van der Waals surface area contributed by atoms with Gasteiger partial charge in [-0.15, -0.1) is 0 Å². The normalized spacial score (nSPS) is 18.3. The van der Waals surface area contributed by atoms with Gasteiger partial charge < -0.3 is 23.8 Å². The molecule has 3 saturated heterocycles. The predicted octanol–water partition coefficient (Wildman–Crippen LogP) is 6.36. The SMILES string of the molecule is [C-]#[N+]c1cc2c(N3CCCOCC3)nc(OCC34CCCN3CCC4)nc2c(F)c1-c1cc(OCOC)cc2ccccc12. The zero-order valence-corrected chi connectivity index (χ0v) is 25.0. The molecule has 3 fully saturated rings. The van der Waals surface area contributed by atoms with Crippen molar-refractivity contribution in [2.45, 2.75) is 37.6 Å². The van der Waals surface area contributed by atoms with E-state index in [9.17, 15) is 0 Å². The summed E-state index contributed by atoms with van der Waals surface area (Å²) >= 11 is 0. The summed E-state index contributed by atoms with van der Waals surface area (Å²) in [6.45, 7) is 13.3. The minimum absolute atomic E-state index is 0.00581. The van der Waals surface area contributed by atoms with Crippen molar-refractivity contribution in [3.63, 3.8) is 0 Å². The van der Waals surface area contributed by atoms with Crippen LogP contribution in [0.1, 0.15) is 32.1 Å². The Kier molecular flexibility index (Phi) is 7.93. The third-order valence-electron chi connectivity index (χ3n) is 9.24. The number of hydrogen-bond acceptors (Lipinski definition) is 8. The minimum Gasteiger partial charge on any atom is -0.468 e. The molecule has 0 unspecified atom stereocenters. The smallest absolute Gasteiger partial charge is 0.319 e. The summed E-state index contributed by atoms with van der Waals surface area (Å²) in [7, 11) is 1.55. The van der Waals surface area contributed by atoms with Crippen molar-refractivity contribution >= 4 is 33.2 Å². The maximum atomic E-state index is 17.1. The highest BCUT2D eigenvalue weighted by Crippen LogP contribution is 2.45. The van der Waals surface area contributed by atoms with Gasteiger partial charge in [0, 0.05) is 37.8 Å². The summed E-state index contributed by atoms with van der Waals surface area (Å²) in [6, 6.07) is 13.2. The van der Waals surface area contributed by atoms with Gasteiger partial charge in [0.1, 0.15) is 29.5 Å². The first-order chi connectivity index (χ1) is 21.6. The van der Waals surface area contributed by atoms with E-state index >= 15 is 4.39 Å². The standard InChI is InChI=1S/C34H36FN5O4/c1-36-28-20-27-31(30(35)29(28)26-19-24(44-22-41-2)18-23-8-3-4-9-25(23)26)37-33(38-32(27)39-12-7-16-42-17-15-39)43-21-34-10-5-13-40(34)14-6-11-34/h3-4,8-9,18-20H,5-7,10-17,21-22H2,2H3. The van der Waals surface area contributed by atoms with Crippen LogP contribution in [0.15, 0.2) is 42.5 Å². The van der Waals surface area contributed by atoms with Crippen LogP contribution in [0.2, 0.25) is 0 Å².